The highest BCUT2D eigenvalue weighted by Gasteiger charge is 2.18. The minimum atomic E-state index is -0.106. The van der Waals surface area contributed by atoms with Crippen LogP contribution in [-0.2, 0) is 6.42 Å². The van der Waals surface area contributed by atoms with Crippen LogP contribution in [0.25, 0.3) is 0 Å². The van der Waals surface area contributed by atoms with Crippen molar-refractivity contribution in [3.63, 3.8) is 0 Å². The molecule has 0 radical (unpaired) electrons. The molecule has 0 bridgehead atoms. The van der Waals surface area contributed by atoms with Crippen LogP contribution in [0.4, 0.5) is 17.1 Å². The Bertz CT molecular complexity index is 1000. The van der Waals surface area contributed by atoms with Crippen LogP contribution in [0, 0.1) is 5.92 Å². The van der Waals surface area contributed by atoms with E-state index in [1.807, 2.05) is 36.4 Å². The number of carbonyl (C=O) groups excluding carboxylic acids is 1. The van der Waals surface area contributed by atoms with Crippen LogP contribution in [-0.4, -0.2) is 19.0 Å². The fraction of sp³-hybridized carbons (Fsp3) is 0.240. The number of hydrogen-bond donors (Lipinski definition) is 4. The van der Waals surface area contributed by atoms with Crippen LogP contribution >= 0.6 is 12.6 Å². The standard InChI is InChI=1S/C13H10N2OS.C12H17N/c16-13-9-3-1-2-4-10(9)14-11-6-5-8(17)7-12(11)15-13;1-2-4-11(5-3-1)10-12-6-8-13-9-7-12/h1-7,14,17H,(H,15,16);1-5,12-13H,6-10H2. The van der Waals surface area contributed by atoms with Crippen molar-refractivity contribution < 1.29 is 4.79 Å². The van der Waals surface area contributed by atoms with Gasteiger partial charge >= 0.3 is 0 Å². The lowest BCUT2D eigenvalue weighted by Gasteiger charge is -2.22. The van der Waals surface area contributed by atoms with E-state index in [0.717, 1.165) is 27.9 Å². The maximum Gasteiger partial charge on any atom is 0.257 e. The van der Waals surface area contributed by atoms with Gasteiger partial charge in [0.2, 0.25) is 0 Å². The highest BCUT2D eigenvalue weighted by Crippen LogP contribution is 2.33. The number of para-hydroxylation sites is 1. The minimum Gasteiger partial charge on any atom is -0.353 e. The zero-order valence-electron chi connectivity index (χ0n) is 16.9. The summed E-state index contributed by atoms with van der Waals surface area (Å²) < 4.78 is 0. The molecule has 0 aromatic heterocycles. The zero-order chi connectivity index (χ0) is 20.8. The van der Waals surface area contributed by atoms with Crippen molar-refractivity contribution in [1.29, 1.82) is 0 Å². The summed E-state index contributed by atoms with van der Waals surface area (Å²) in [4.78, 5) is 12.8. The monoisotopic (exact) mass is 417 g/mol. The minimum absolute atomic E-state index is 0.106. The Labute approximate surface area is 183 Å². The third-order valence-corrected chi connectivity index (χ3v) is 5.80. The van der Waals surface area contributed by atoms with Crippen LogP contribution in [0.3, 0.4) is 0 Å². The zero-order valence-corrected chi connectivity index (χ0v) is 17.8. The molecule has 1 amide bonds. The fourth-order valence-corrected chi connectivity index (χ4v) is 4.11. The lowest BCUT2D eigenvalue weighted by molar-refractivity contribution is 0.102. The Morgan fingerprint density at radius 2 is 1.53 bits per heavy atom. The number of anilines is 3. The predicted molar refractivity (Wildman–Crippen MR) is 127 cm³/mol. The first kappa shape index (κ1) is 20.5. The molecule has 0 saturated carbocycles. The molecule has 2 aliphatic heterocycles. The van der Waals surface area contributed by atoms with E-state index < -0.39 is 0 Å². The average molecular weight is 418 g/mol. The summed E-state index contributed by atoms with van der Waals surface area (Å²) in [5.74, 6) is 0.800. The largest absolute Gasteiger partial charge is 0.353 e. The van der Waals surface area contributed by atoms with Gasteiger partial charge in [0.25, 0.3) is 5.91 Å². The summed E-state index contributed by atoms with van der Waals surface area (Å²) >= 11 is 4.27. The lowest BCUT2D eigenvalue weighted by Crippen LogP contribution is -2.28. The third kappa shape index (κ3) is 5.23. The van der Waals surface area contributed by atoms with Gasteiger partial charge in [-0.25, -0.2) is 0 Å². The summed E-state index contributed by atoms with van der Waals surface area (Å²) in [5, 5.41) is 9.51. The topological polar surface area (TPSA) is 53.2 Å². The summed E-state index contributed by atoms with van der Waals surface area (Å²) in [5.41, 5.74) is 4.58. The first-order valence-corrected chi connectivity index (χ1v) is 10.9. The molecule has 154 valence electrons. The van der Waals surface area contributed by atoms with E-state index in [1.54, 1.807) is 6.07 Å². The molecular formula is C25H27N3OS. The quantitative estimate of drug-likeness (QED) is 0.416. The normalized spacial score (nSPS) is 15.4. The van der Waals surface area contributed by atoms with E-state index in [4.69, 9.17) is 0 Å². The molecule has 5 rings (SSSR count). The highest BCUT2D eigenvalue weighted by molar-refractivity contribution is 7.80. The first-order chi connectivity index (χ1) is 14.7. The molecule has 0 aliphatic carbocycles. The molecule has 4 nitrogen and oxygen atoms in total. The Morgan fingerprint density at radius 1 is 0.800 bits per heavy atom. The van der Waals surface area contributed by atoms with Crippen molar-refractivity contribution in [2.24, 2.45) is 5.92 Å². The van der Waals surface area contributed by atoms with Crippen LogP contribution in [0.5, 0.6) is 0 Å². The average Bonchev–Trinajstić information content (AvgIpc) is 2.91. The SMILES string of the molecule is O=C1Nc2cc(S)ccc2Nc2ccccc21.c1ccc(CC2CCNCC2)cc1. The van der Waals surface area contributed by atoms with E-state index in [0.29, 0.717) is 5.56 Å². The number of amides is 1. The number of piperidine rings is 1. The summed E-state index contributed by atoms with van der Waals surface area (Å²) in [6, 6.07) is 23.9. The van der Waals surface area contributed by atoms with Crippen molar-refractivity contribution >= 4 is 35.6 Å². The Morgan fingerprint density at radius 3 is 2.33 bits per heavy atom. The van der Waals surface area contributed by atoms with Gasteiger partial charge in [-0.2, -0.15) is 0 Å². The van der Waals surface area contributed by atoms with Gasteiger partial charge < -0.3 is 16.0 Å². The van der Waals surface area contributed by atoms with E-state index in [1.165, 1.54) is 37.9 Å². The smallest absolute Gasteiger partial charge is 0.257 e. The molecule has 2 heterocycles. The van der Waals surface area contributed by atoms with Gasteiger partial charge in [-0.3, -0.25) is 4.79 Å². The maximum absolute atomic E-state index is 12.0. The molecule has 1 fully saturated rings. The molecule has 3 N–H and O–H groups in total. The number of carbonyl (C=O) groups is 1. The summed E-state index contributed by atoms with van der Waals surface area (Å²) in [6.07, 6.45) is 3.95. The highest BCUT2D eigenvalue weighted by atomic mass is 32.1. The Kier molecular flexibility index (Phi) is 6.72. The first-order valence-electron chi connectivity index (χ1n) is 10.4. The van der Waals surface area contributed by atoms with Crippen LogP contribution in [0.2, 0.25) is 0 Å². The number of benzene rings is 3. The van der Waals surface area contributed by atoms with Gasteiger partial charge in [0.05, 0.1) is 22.6 Å². The summed E-state index contributed by atoms with van der Waals surface area (Å²) in [6.45, 7) is 2.41. The predicted octanol–water partition coefficient (Wildman–Crippen LogP) is 5.51. The molecule has 0 atom stereocenters. The van der Waals surface area contributed by atoms with Gasteiger partial charge in [-0.05, 0) is 74.2 Å². The number of rotatable bonds is 2. The van der Waals surface area contributed by atoms with Gasteiger partial charge in [0.1, 0.15) is 0 Å². The Hall–Kier alpha value is -2.76. The molecule has 5 heteroatoms. The van der Waals surface area contributed by atoms with Crippen molar-refractivity contribution in [2.75, 3.05) is 23.7 Å². The van der Waals surface area contributed by atoms with Gasteiger partial charge in [-0.15, -0.1) is 12.6 Å². The number of fused-ring (bicyclic) bond motifs is 2. The molecule has 2 aliphatic rings. The number of thiol groups is 1. The van der Waals surface area contributed by atoms with E-state index >= 15 is 0 Å². The van der Waals surface area contributed by atoms with Crippen molar-refractivity contribution in [3.8, 4) is 0 Å². The van der Waals surface area contributed by atoms with Gasteiger partial charge in [0.15, 0.2) is 0 Å². The molecule has 0 unspecified atom stereocenters. The molecule has 0 spiro atoms. The molecular weight excluding hydrogens is 390 g/mol. The van der Waals surface area contributed by atoms with Crippen molar-refractivity contribution in [2.45, 2.75) is 24.2 Å². The van der Waals surface area contributed by atoms with E-state index in [2.05, 4.69) is 58.9 Å². The fourth-order valence-electron chi connectivity index (χ4n) is 3.90. The van der Waals surface area contributed by atoms with Crippen LogP contribution in [0.1, 0.15) is 28.8 Å². The number of hydrogen-bond acceptors (Lipinski definition) is 4. The lowest BCUT2D eigenvalue weighted by atomic mass is 9.91. The van der Waals surface area contributed by atoms with E-state index in [-0.39, 0.29) is 5.91 Å². The van der Waals surface area contributed by atoms with E-state index in [9.17, 15) is 4.79 Å². The van der Waals surface area contributed by atoms with Crippen molar-refractivity contribution in [1.82, 2.24) is 5.32 Å². The second-order valence-electron chi connectivity index (χ2n) is 7.74. The summed E-state index contributed by atoms with van der Waals surface area (Å²) in [7, 11) is 0. The maximum atomic E-state index is 12.0. The second kappa shape index (κ2) is 9.83. The van der Waals surface area contributed by atoms with Gasteiger partial charge in [-0.1, -0.05) is 42.5 Å². The second-order valence-corrected chi connectivity index (χ2v) is 8.25. The van der Waals surface area contributed by atoms with Crippen molar-refractivity contribution in [3.05, 3.63) is 83.9 Å². The molecule has 3 aromatic carbocycles. The van der Waals surface area contributed by atoms with Gasteiger partial charge in [0, 0.05) is 4.90 Å². The number of nitrogens with one attached hydrogen (secondary N) is 3. The Balaban J connectivity index is 0.000000151. The molecule has 1 saturated heterocycles. The van der Waals surface area contributed by atoms with Crippen LogP contribution in [0.15, 0.2) is 77.7 Å². The molecule has 3 aromatic rings. The third-order valence-electron chi connectivity index (χ3n) is 5.52. The van der Waals surface area contributed by atoms with Crippen LogP contribution < -0.4 is 16.0 Å². The molecule has 30 heavy (non-hydrogen) atoms.